The molecule has 0 atom stereocenters. The molecule has 1 N–H and O–H groups in total. The van der Waals surface area contributed by atoms with Crippen molar-refractivity contribution in [1.29, 1.82) is 0 Å². The molecule has 184 valence electrons. The first-order chi connectivity index (χ1) is 16.8. The van der Waals surface area contributed by atoms with Crippen LogP contribution in [0.4, 0.5) is 5.69 Å². The molecule has 1 saturated heterocycles. The Bertz CT molecular complexity index is 1230. The Labute approximate surface area is 208 Å². The lowest BCUT2D eigenvalue weighted by molar-refractivity contribution is 0.0951. The summed E-state index contributed by atoms with van der Waals surface area (Å²) in [5.41, 5.74) is 4.31. The highest BCUT2D eigenvalue weighted by molar-refractivity contribution is 7.92. The number of amides is 1. The van der Waals surface area contributed by atoms with E-state index in [2.05, 4.69) is 34.5 Å². The standard InChI is InChI=1S/C28H33N3O3S/c1-22-6-16-27(17-7-22)35(33,34)30(2)26-14-12-25(13-15-26)28(32)29-20-23-8-10-24(11-9-23)21-31-18-4-3-5-19-31/h6-17H,3-5,18-21H2,1-2H3,(H,29,32). The van der Waals surface area contributed by atoms with Gasteiger partial charge in [-0.2, -0.15) is 0 Å². The summed E-state index contributed by atoms with van der Waals surface area (Å²) in [5, 5.41) is 2.94. The highest BCUT2D eigenvalue weighted by atomic mass is 32.2. The summed E-state index contributed by atoms with van der Waals surface area (Å²) in [6.07, 6.45) is 3.90. The third-order valence-corrected chi connectivity index (χ3v) is 8.30. The molecule has 0 saturated carbocycles. The van der Waals surface area contributed by atoms with Crippen molar-refractivity contribution in [2.24, 2.45) is 0 Å². The Morgan fingerprint density at radius 3 is 2.09 bits per heavy atom. The number of anilines is 1. The molecule has 0 aromatic heterocycles. The molecule has 3 aromatic rings. The van der Waals surface area contributed by atoms with E-state index in [0.717, 1.165) is 17.7 Å². The zero-order valence-corrected chi connectivity index (χ0v) is 21.2. The van der Waals surface area contributed by atoms with Crippen LogP contribution in [0.1, 0.15) is 46.3 Å². The van der Waals surface area contributed by atoms with Gasteiger partial charge in [-0.1, -0.05) is 48.4 Å². The van der Waals surface area contributed by atoms with Crippen molar-refractivity contribution in [1.82, 2.24) is 10.2 Å². The van der Waals surface area contributed by atoms with Gasteiger partial charge in [-0.15, -0.1) is 0 Å². The van der Waals surface area contributed by atoms with E-state index < -0.39 is 10.0 Å². The number of sulfonamides is 1. The molecule has 1 aliphatic rings. The van der Waals surface area contributed by atoms with Crippen LogP contribution in [0.3, 0.4) is 0 Å². The third-order valence-electron chi connectivity index (χ3n) is 6.50. The highest BCUT2D eigenvalue weighted by Gasteiger charge is 2.21. The molecule has 0 bridgehead atoms. The fourth-order valence-electron chi connectivity index (χ4n) is 4.25. The second-order valence-electron chi connectivity index (χ2n) is 9.17. The number of hydrogen-bond donors (Lipinski definition) is 1. The van der Waals surface area contributed by atoms with E-state index in [-0.39, 0.29) is 10.8 Å². The van der Waals surface area contributed by atoms with Crippen molar-refractivity contribution < 1.29 is 13.2 Å². The summed E-state index contributed by atoms with van der Waals surface area (Å²) in [4.78, 5) is 15.4. The summed E-state index contributed by atoms with van der Waals surface area (Å²) < 4.78 is 27.0. The van der Waals surface area contributed by atoms with Gasteiger partial charge in [-0.05, 0) is 80.4 Å². The van der Waals surface area contributed by atoms with Crippen molar-refractivity contribution >= 4 is 21.6 Å². The van der Waals surface area contributed by atoms with Crippen LogP contribution in [0.15, 0.2) is 77.7 Å². The van der Waals surface area contributed by atoms with Crippen LogP contribution in [-0.4, -0.2) is 39.4 Å². The van der Waals surface area contributed by atoms with Crippen LogP contribution >= 0.6 is 0 Å². The maximum atomic E-state index is 12.9. The average Bonchev–Trinajstić information content (AvgIpc) is 2.88. The summed E-state index contributed by atoms with van der Waals surface area (Å²) in [6, 6.07) is 21.7. The van der Waals surface area contributed by atoms with Crippen molar-refractivity contribution in [3.63, 3.8) is 0 Å². The molecule has 1 amide bonds. The fraction of sp³-hybridized carbons (Fsp3) is 0.321. The van der Waals surface area contributed by atoms with Gasteiger partial charge in [0.25, 0.3) is 15.9 Å². The molecule has 6 nitrogen and oxygen atoms in total. The smallest absolute Gasteiger partial charge is 0.264 e. The van der Waals surface area contributed by atoms with Crippen molar-refractivity contribution in [2.45, 2.75) is 44.2 Å². The number of benzene rings is 3. The van der Waals surface area contributed by atoms with E-state index in [1.807, 2.05) is 6.92 Å². The Kier molecular flexibility index (Phi) is 7.88. The van der Waals surface area contributed by atoms with Gasteiger partial charge in [-0.3, -0.25) is 14.0 Å². The van der Waals surface area contributed by atoms with E-state index in [1.54, 1.807) is 48.5 Å². The van der Waals surface area contributed by atoms with Crippen LogP contribution in [0.2, 0.25) is 0 Å². The quantitative estimate of drug-likeness (QED) is 0.494. The minimum atomic E-state index is -3.67. The molecular formula is C28H33N3O3S. The average molecular weight is 492 g/mol. The second-order valence-corrected chi connectivity index (χ2v) is 11.1. The highest BCUT2D eigenvalue weighted by Crippen LogP contribution is 2.23. The second kappa shape index (κ2) is 11.1. The largest absolute Gasteiger partial charge is 0.348 e. The van der Waals surface area contributed by atoms with Crippen LogP contribution in [-0.2, 0) is 23.1 Å². The Balaban J connectivity index is 1.32. The number of nitrogens with one attached hydrogen (secondary N) is 1. The molecule has 1 aliphatic heterocycles. The predicted molar refractivity (Wildman–Crippen MR) is 140 cm³/mol. The Morgan fingerprint density at radius 2 is 1.46 bits per heavy atom. The number of nitrogens with zero attached hydrogens (tertiary/aromatic N) is 2. The van der Waals surface area contributed by atoms with E-state index in [0.29, 0.717) is 17.8 Å². The number of piperidine rings is 1. The normalized spacial score (nSPS) is 14.5. The number of rotatable bonds is 8. The number of carbonyl (C=O) groups excluding carboxylic acids is 1. The first kappa shape index (κ1) is 24.9. The van der Waals surface area contributed by atoms with Crippen molar-refractivity contribution in [2.75, 3.05) is 24.4 Å². The lowest BCUT2D eigenvalue weighted by Crippen LogP contribution is -2.29. The van der Waals surface area contributed by atoms with Crippen LogP contribution in [0.5, 0.6) is 0 Å². The molecule has 4 rings (SSSR count). The minimum Gasteiger partial charge on any atom is -0.348 e. The topological polar surface area (TPSA) is 69.7 Å². The van der Waals surface area contributed by atoms with E-state index >= 15 is 0 Å². The number of aryl methyl sites for hydroxylation is 1. The first-order valence-corrected chi connectivity index (χ1v) is 13.5. The van der Waals surface area contributed by atoms with Crippen molar-refractivity contribution in [3.8, 4) is 0 Å². The third kappa shape index (κ3) is 6.29. The number of likely N-dealkylation sites (tertiary alicyclic amines) is 1. The molecule has 3 aromatic carbocycles. The van der Waals surface area contributed by atoms with Gasteiger partial charge >= 0.3 is 0 Å². The Hall–Kier alpha value is -3.16. The molecule has 0 spiro atoms. The SMILES string of the molecule is Cc1ccc(S(=O)(=O)N(C)c2ccc(C(=O)NCc3ccc(CN4CCCCC4)cc3)cc2)cc1. The summed E-state index contributed by atoms with van der Waals surface area (Å²) >= 11 is 0. The first-order valence-electron chi connectivity index (χ1n) is 12.1. The van der Waals surface area contributed by atoms with E-state index in [4.69, 9.17) is 0 Å². The van der Waals surface area contributed by atoms with Crippen LogP contribution < -0.4 is 9.62 Å². The molecule has 0 unspecified atom stereocenters. The summed E-state index contributed by atoms with van der Waals surface area (Å²) in [5.74, 6) is -0.196. The lowest BCUT2D eigenvalue weighted by Gasteiger charge is -2.26. The number of hydrogen-bond acceptors (Lipinski definition) is 4. The van der Waals surface area contributed by atoms with Crippen LogP contribution in [0, 0.1) is 6.92 Å². The monoisotopic (exact) mass is 491 g/mol. The molecule has 35 heavy (non-hydrogen) atoms. The van der Waals surface area contributed by atoms with Gasteiger partial charge in [0.05, 0.1) is 10.6 Å². The molecule has 7 heteroatoms. The van der Waals surface area contributed by atoms with Gasteiger partial charge < -0.3 is 5.32 Å². The minimum absolute atomic E-state index is 0.196. The van der Waals surface area contributed by atoms with Gasteiger partial charge in [0.2, 0.25) is 0 Å². The van der Waals surface area contributed by atoms with Gasteiger partial charge in [0, 0.05) is 25.7 Å². The molecular weight excluding hydrogens is 458 g/mol. The molecule has 0 aliphatic carbocycles. The van der Waals surface area contributed by atoms with Crippen LogP contribution in [0.25, 0.3) is 0 Å². The van der Waals surface area contributed by atoms with E-state index in [9.17, 15) is 13.2 Å². The van der Waals surface area contributed by atoms with Gasteiger partial charge in [0.1, 0.15) is 0 Å². The summed E-state index contributed by atoms with van der Waals surface area (Å²) in [6.45, 7) is 5.67. The molecule has 1 heterocycles. The Morgan fingerprint density at radius 1 is 0.857 bits per heavy atom. The predicted octanol–water partition coefficient (Wildman–Crippen LogP) is 4.74. The molecule has 1 fully saturated rings. The van der Waals surface area contributed by atoms with Crippen molar-refractivity contribution in [3.05, 3.63) is 95.1 Å². The number of carbonyl (C=O) groups is 1. The fourth-order valence-corrected chi connectivity index (χ4v) is 5.45. The maximum Gasteiger partial charge on any atom is 0.264 e. The zero-order chi connectivity index (χ0) is 24.8. The zero-order valence-electron chi connectivity index (χ0n) is 20.4. The maximum absolute atomic E-state index is 12.9. The lowest BCUT2D eigenvalue weighted by atomic mass is 10.1. The van der Waals surface area contributed by atoms with Gasteiger partial charge in [-0.25, -0.2) is 8.42 Å². The van der Waals surface area contributed by atoms with Gasteiger partial charge in [0.15, 0.2) is 0 Å². The molecule has 0 radical (unpaired) electrons. The summed E-state index contributed by atoms with van der Waals surface area (Å²) in [7, 11) is -2.16. The van der Waals surface area contributed by atoms with E-state index in [1.165, 1.54) is 49.3 Å².